The molecule has 2 heterocycles. The number of fused-ring (bicyclic) bond motifs is 2. The monoisotopic (exact) mass is 772 g/mol. The Hall–Kier alpha value is -4.03. The van der Waals surface area contributed by atoms with Crippen molar-refractivity contribution in [2.24, 2.45) is 0 Å². The Kier molecular flexibility index (Phi) is 12.0. The second-order valence-corrected chi connectivity index (χ2v) is 18.7. The van der Waals surface area contributed by atoms with Gasteiger partial charge in [-0.2, -0.15) is 0 Å². The Balaban J connectivity index is 1.33. The first-order valence-electron chi connectivity index (χ1n) is 19.0. The smallest absolute Gasteiger partial charge is 0.180 e. The van der Waals surface area contributed by atoms with Crippen molar-refractivity contribution >= 4 is 26.0 Å². The molecule has 11 heteroatoms. The highest BCUT2D eigenvalue weighted by Crippen LogP contribution is 2.43. The molecule has 0 spiro atoms. The van der Waals surface area contributed by atoms with Gasteiger partial charge in [0.05, 0.1) is 47.1 Å². The summed E-state index contributed by atoms with van der Waals surface area (Å²) in [5, 5.41) is 7.57. The van der Waals surface area contributed by atoms with Crippen molar-refractivity contribution < 1.29 is 31.1 Å². The Morgan fingerprint density at radius 1 is 0.685 bits per heavy atom. The number of sulfone groups is 2. The van der Waals surface area contributed by atoms with Crippen LogP contribution in [0, 0.1) is 0 Å². The van der Waals surface area contributed by atoms with E-state index in [0.29, 0.717) is 66.6 Å². The molecule has 288 valence electrons. The van der Waals surface area contributed by atoms with Crippen LogP contribution in [-0.4, -0.2) is 59.4 Å². The summed E-state index contributed by atoms with van der Waals surface area (Å²) < 4.78 is 68.8. The third-order valence-corrected chi connectivity index (χ3v) is 15.2. The number of carbonyl (C=O) groups excluding carboxylic acids is 1. The maximum Gasteiger partial charge on any atom is 0.180 e. The first-order chi connectivity index (χ1) is 25.9. The van der Waals surface area contributed by atoms with Crippen LogP contribution in [0.5, 0.6) is 11.5 Å². The van der Waals surface area contributed by atoms with Gasteiger partial charge in [-0.05, 0) is 66.5 Å². The normalized spacial score (nSPS) is 22.5. The number of ether oxygens (including phenoxy) is 2. The maximum atomic E-state index is 14.2. The lowest BCUT2D eigenvalue weighted by Crippen LogP contribution is -2.50. The van der Waals surface area contributed by atoms with E-state index in [1.165, 1.54) is 13.2 Å². The zero-order valence-electron chi connectivity index (χ0n) is 31.6. The van der Waals surface area contributed by atoms with E-state index in [0.717, 1.165) is 24.0 Å². The van der Waals surface area contributed by atoms with Crippen molar-refractivity contribution in [1.29, 1.82) is 0 Å². The van der Waals surface area contributed by atoms with Crippen molar-refractivity contribution in [3.8, 4) is 11.5 Å². The summed E-state index contributed by atoms with van der Waals surface area (Å²) in [4.78, 5) is 12.2. The Morgan fingerprint density at radius 3 is 1.81 bits per heavy atom. The lowest BCUT2D eigenvalue weighted by Gasteiger charge is -2.37. The van der Waals surface area contributed by atoms with E-state index in [1.807, 2.05) is 74.5 Å². The van der Waals surface area contributed by atoms with Crippen LogP contribution in [0.3, 0.4) is 0 Å². The summed E-state index contributed by atoms with van der Waals surface area (Å²) in [6.45, 7) is 6.37. The van der Waals surface area contributed by atoms with Crippen molar-refractivity contribution in [3.63, 3.8) is 0 Å². The van der Waals surface area contributed by atoms with Crippen LogP contribution in [0.15, 0.2) is 101 Å². The number of rotatable bonds is 14. The topological polar surface area (TPSA) is 128 Å². The van der Waals surface area contributed by atoms with Crippen molar-refractivity contribution in [2.45, 2.75) is 98.7 Å². The predicted molar refractivity (Wildman–Crippen MR) is 212 cm³/mol. The molecular formula is C43H52N2O7S2. The number of methoxy groups -OCH3 is 1. The van der Waals surface area contributed by atoms with Gasteiger partial charge in [-0.3, -0.25) is 15.4 Å². The molecule has 4 aromatic carbocycles. The molecule has 2 N–H and O–H groups in total. The van der Waals surface area contributed by atoms with Gasteiger partial charge in [0.2, 0.25) is 0 Å². The van der Waals surface area contributed by atoms with Gasteiger partial charge in [0.1, 0.15) is 6.29 Å². The molecule has 0 amide bonds. The first-order valence-corrected chi connectivity index (χ1v) is 22.3. The van der Waals surface area contributed by atoms with Crippen LogP contribution < -0.4 is 20.1 Å². The van der Waals surface area contributed by atoms with Gasteiger partial charge in [-0.1, -0.05) is 106 Å². The quantitative estimate of drug-likeness (QED) is 0.0976. The molecule has 0 radical (unpaired) electrons. The second-order valence-electron chi connectivity index (χ2n) is 14.8. The first kappa shape index (κ1) is 39.7. The summed E-state index contributed by atoms with van der Waals surface area (Å²) in [5.41, 5.74) is 2.02. The number of hydrogen-bond acceptors (Lipinski definition) is 9. The van der Waals surface area contributed by atoms with E-state index < -0.39 is 42.8 Å². The highest BCUT2D eigenvalue weighted by Gasteiger charge is 2.44. The fourth-order valence-corrected chi connectivity index (χ4v) is 12.5. The zero-order chi connectivity index (χ0) is 38.6. The van der Waals surface area contributed by atoms with E-state index in [4.69, 9.17) is 9.47 Å². The van der Waals surface area contributed by atoms with Gasteiger partial charge < -0.3 is 9.47 Å². The number of nitrogens with one attached hydrogen (secondary N) is 2. The average molecular weight is 773 g/mol. The summed E-state index contributed by atoms with van der Waals surface area (Å²) in [6, 6.07) is 27.2. The number of aldehydes is 1. The van der Waals surface area contributed by atoms with Crippen LogP contribution in [0.2, 0.25) is 0 Å². The van der Waals surface area contributed by atoms with Gasteiger partial charge in [-0.15, -0.1) is 0 Å². The lowest BCUT2D eigenvalue weighted by atomic mass is 9.86. The van der Waals surface area contributed by atoms with Crippen molar-refractivity contribution in [2.75, 3.05) is 25.2 Å². The number of benzene rings is 4. The number of carbonyl (C=O) groups is 1. The fourth-order valence-electron chi connectivity index (χ4n) is 8.19. The van der Waals surface area contributed by atoms with Crippen LogP contribution in [0.1, 0.15) is 110 Å². The lowest BCUT2D eigenvalue weighted by molar-refractivity contribution is 0.112. The molecule has 3 atom stereocenters. The predicted octanol–water partition coefficient (Wildman–Crippen LogP) is 7.79. The molecule has 0 saturated heterocycles. The number of hydrogen-bond donors (Lipinski definition) is 2. The highest BCUT2D eigenvalue weighted by molar-refractivity contribution is 7.91. The van der Waals surface area contributed by atoms with E-state index in [-0.39, 0.29) is 27.9 Å². The maximum absolute atomic E-state index is 14.2. The van der Waals surface area contributed by atoms with Gasteiger partial charge in [0.25, 0.3) is 0 Å². The molecule has 9 nitrogen and oxygen atoms in total. The zero-order valence-corrected chi connectivity index (χ0v) is 33.3. The van der Waals surface area contributed by atoms with Crippen molar-refractivity contribution in [1.82, 2.24) is 10.6 Å². The minimum absolute atomic E-state index is 0.0350. The Morgan fingerprint density at radius 2 is 1.24 bits per heavy atom. The molecule has 6 rings (SSSR count). The van der Waals surface area contributed by atoms with Crippen LogP contribution in [-0.2, 0) is 19.7 Å². The Bertz CT molecular complexity index is 2150. The third-order valence-electron chi connectivity index (χ3n) is 11.3. The van der Waals surface area contributed by atoms with Crippen LogP contribution in [0.25, 0.3) is 0 Å². The largest absolute Gasteiger partial charge is 0.493 e. The highest BCUT2D eigenvalue weighted by atomic mass is 32.2. The molecule has 0 aliphatic carbocycles. The Labute approximate surface area is 320 Å². The van der Waals surface area contributed by atoms with E-state index >= 15 is 0 Å². The van der Waals surface area contributed by atoms with Gasteiger partial charge in [0.15, 0.2) is 31.2 Å². The molecule has 0 fully saturated rings. The standard InChI is InChI=1S/C43H52N2O7S2/c1-5-8-22-43(30-54(49,50)38-25-31(28-46)20-21-34(38)40(45-43)32-16-11-9-12-17-32)23-15-24-52-37-26-35-39(27-36(37)51-4)53(47,48)29-42(6-2,7-3)44-41(35)33-18-13-10-14-19-33/h9-14,16-21,25-28,40-41,44-45H,5-8,15,22-24,29-30H2,1-4H3/t40-,41?,43+/m1/s1. The molecule has 0 bridgehead atoms. The molecule has 2 aliphatic rings. The minimum atomic E-state index is -3.81. The van der Waals surface area contributed by atoms with Gasteiger partial charge >= 0.3 is 0 Å². The third kappa shape index (κ3) is 8.15. The molecule has 54 heavy (non-hydrogen) atoms. The summed E-state index contributed by atoms with van der Waals surface area (Å²) in [7, 11) is -6.01. The molecule has 0 saturated carbocycles. The summed E-state index contributed by atoms with van der Waals surface area (Å²) in [5.74, 6) is 0.590. The fraction of sp³-hybridized carbons (Fsp3) is 0.419. The minimum Gasteiger partial charge on any atom is -0.493 e. The SMILES string of the molecule is CCCC[C@]1(CCCOc2cc3c(cc2OC)S(=O)(=O)CC(CC)(CC)NC3c2ccccc2)CS(=O)(=O)c2cc(C=O)ccc2[C@@H](c2ccccc2)N1. The molecule has 2 aliphatic heterocycles. The molecule has 4 aromatic rings. The molecule has 0 aromatic heterocycles. The van der Waals surface area contributed by atoms with E-state index in [2.05, 4.69) is 17.6 Å². The van der Waals surface area contributed by atoms with Gasteiger partial charge in [-0.25, -0.2) is 16.8 Å². The van der Waals surface area contributed by atoms with Crippen molar-refractivity contribution in [3.05, 3.63) is 119 Å². The number of unbranched alkanes of at least 4 members (excludes halogenated alkanes) is 1. The van der Waals surface area contributed by atoms with E-state index in [9.17, 15) is 21.6 Å². The summed E-state index contributed by atoms with van der Waals surface area (Å²) >= 11 is 0. The second kappa shape index (κ2) is 16.4. The average Bonchev–Trinajstić information content (AvgIpc) is 3.35. The van der Waals surface area contributed by atoms with Crippen LogP contribution in [0.4, 0.5) is 0 Å². The molecule has 1 unspecified atom stereocenters. The van der Waals surface area contributed by atoms with Crippen LogP contribution >= 0.6 is 0 Å². The molecular weight excluding hydrogens is 721 g/mol. The van der Waals surface area contributed by atoms with Gasteiger partial charge in [0, 0.05) is 22.7 Å². The van der Waals surface area contributed by atoms with E-state index in [1.54, 1.807) is 24.3 Å². The summed E-state index contributed by atoms with van der Waals surface area (Å²) in [6.07, 6.45) is 5.30.